The van der Waals surface area contributed by atoms with Crippen molar-refractivity contribution >= 4 is 0 Å². The number of nitrogens with one attached hydrogen (secondary N) is 1. The van der Waals surface area contributed by atoms with Crippen molar-refractivity contribution in [2.24, 2.45) is 5.41 Å². The fourth-order valence-corrected chi connectivity index (χ4v) is 3.00. The summed E-state index contributed by atoms with van der Waals surface area (Å²) in [5.41, 5.74) is 0.423. The van der Waals surface area contributed by atoms with E-state index in [9.17, 15) is 0 Å². The Bertz CT molecular complexity index is 241. The Morgan fingerprint density at radius 2 is 2.20 bits per heavy atom. The normalized spacial score (nSPS) is 26.1. The Hall–Kier alpha value is -0.500. The van der Waals surface area contributed by atoms with E-state index in [-0.39, 0.29) is 0 Å². The van der Waals surface area contributed by atoms with Gasteiger partial charge in [0, 0.05) is 6.42 Å². The van der Waals surface area contributed by atoms with E-state index in [0.717, 1.165) is 19.6 Å². The lowest BCUT2D eigenvalue weighted by molar-refractivity contribution is 0.151. The number of hydrogen-bond donors (Lipinski definition) is 1. The maximum Gasteiger partial charge on any atom is 0.110 e. The highest BCUT2D eigenvalue weighted by atomic mass is 16.5. The molecule has 1 N–H and O–H groups in total. The SMILES string of the molecule is CCNC(C1=CCCO1)C1(C)CCCC1. The molecule has 15 heavy (non-hydrogen) atoms. The van der Waals surface area contributed by atoms with Crippen molar-refractivity contribution in [1.29, 1.82) is 0 Å². The lowest BCUT2D eigenvalue weighted by Crippen LogP contribution is -2.43. The average Bonchev–Trinajstić information content (AvgIpc) is 2.85. The van der Waals surface area contributed by atoms with Crippen LogP contribution in [0.2, 0.25) is 0 Å². The van der Waals surface area contributed by atoms with Crippen molar-refractivity contribution in [3.05, 3.63) is 11.8 Å². The van der Waals surface area contributed by atoms with E-state index >= 15 is 0 Å². The number of hydrogen-bond acceptors (Lipinski definition) is 2. The molecule has 2 nitrogen and oxygen atoms in total. The van der Waals surface area contributed by atoms with E-state index in [1.54, 1.807) is 0 Å². The fraction of sp³-hybridized carbons (Fsp3) is 0.846. The van der Waals surface area contributed by atoms with Crippen LogP contribution in [0.3, 0.4) is 0 Å². The third-order valence-corrected chi connectivity index (χ3v) is 3.87. The summed E-state index contributed by atoms with van der Waals surface area (Å²) in [7, 11) is 0. The Balaban J connectivity index is 2.10. The minimum Gasteiger partial charge on any atom is -0.496 e. The van der Waals surface area contributed by atoms with Crippen molar-refractivity contribution < 1.29 is 4.74 Å². The van der Waals surface area contributed by atoms with E-state index in [2.05, 4.69) is 25.2 Å². The lowest BCUT2D eigenvalue weighted by Gasteiger charge is -2.35. The molecule has 1 unspecified atom stereocenters. The van der Waals surface area contributed by atoms with Crippen LogP contribution >= 0.6 is 0 Å². The van der Waals surface area contributed by atoms with Crippen molar-refractivity contribution in [3.8, 4) is 0 Å². The van der Waals surface area contributed by atoms with Crippen molar-refractivity contribution in [1.82, 2.24) is 5.32 Å². The predicted octanol–water partition coefficient (Wildman–Crippen LogP) is 2.85. The first kappa shape index (κ1) is 11.0. The molecule has 86 valence electrons. The molecule has 2 aliphatic rings. The fourth-order valence-electron chi connectivity index (χ4n) is 3.00. The van der Waals surface area contributed by atoms with E-state index in [1.807, 2.05) is 0 Å². The van der Waals surface area contributed by atoms with E-state index < -0.39 is 0 Å². The zero-order valence-electron chi connectivity index (χ0n) is 10.0. The predicted molar refractivity (Wildman–Crippen MR) is 62.7 cm³/mol. The van der Waals surface area contributed by atoms with Crippen molar-refractivity contribution in [3.63, 3.8) is 0 Å². The van der Waals surface area contributed by atoms with Gasteiger partial charge in [0.1, 0.15) is 5.76 Å². The molecule has 0 amide bonds. The molecule has 0 spiro atoms. The van der Waals surface area contributed by atoms with Crippen LogP contribution in [0.5, 0.6) is 0 Å². The topological polar surface area (TPSA) is 21.3 Å². The molecule has 0 aromatic heterocycles. The van der Waals surface area contributed by atoms with E-state index in [4.69, 9.17) is 4.74 Å². The first-order valence-electron chi connectivity index (χ1n) is 6.32. The summed E-state index contributed by atoms with van der Waals surface area (Å²) < 4.78 is 5.74. The summed E-state index contributed by atoms with van der Waals surface area (Å²) in [4.78, 5) is 0. The van der Waals surface area contributed by atoms with Gasteiger partial charge in [-0.25, -0.2) is 0 Å². The lowest BCUT2D eigenvalue weighted by atomic mass is 9.79. The van der Waals surface area contributed by atoms with Gasteiger partial charge >= 0.3 is 0 Å². The minimum atomic E-state index is 0.423. The second-order valence-corrected chi connectivity index (χ2v) is 5.10. The summed E-state index contributed by atoms with van der Waals surface area (Å²) in [5.74, 6) is 1.21. The highest BCUT2D eigenvalue weighted by Crippen LogP contribution is 2.43. The van der Waals surface area contributed by atoms with E-state index in [0.29, 0.717) is 11.5 Å². The molecule has 2 rings (SSSR count). The Labute approximate surface area is 93.1 Å². The quantitative estimate of drug-likeness (QED) is 0.768. The molecular weight excluding hydrogens is 186 g/mol. The second kappa shape index (κ2) is 4.56. The van der Waals surface area contributed by atoms with Crippen LogP contribution in [0.25, 0.3) is 0 Å². The molecular formula is C13H23NO. The third kappa shape index (κ3) is 2.20. The molecule has 1 saturated carbocycles. The van der Waals surface area contributed by atoms with Gasteiger partial charge in [-0.1, -0.05) is 26.7 Å². The van der Waals surface area contributed by atoms with Gasteiger partial charge in [0.2, 0.25) is 0 Å². The summed E-state index contributed by atoms with van der Waals surface area (Å²) in [6, 6.07) is 0.451. The molecule has 0 bridgehead atoms. The summed E-state index contributed by atoms with van der Waals surface area (Å²) in [6.45, 7) is 6.50. The summed E-state index contributed by atoms with van der Waals surface area (Å²) >= 11 is 0. The maximum atomic E-state index is 5.74. The molecule has 0 aromatic carbocycles. The monoisotopic (exact) mass is 209 g/mol. The van der Waals surface area contributed by atoms with Crippen LogP contribution in [-0.4, -0.2) is 19.2 Å². The molecule has 1 heterocycles. The van der Waals surface area contributed by atoms with Crippen molar-refractivity contribution in [2.75, 3.05) is 13.2 Å². The maximum absolute atomic E-state index is 5.74. The first-order valence-corrected chi connectivity index (χ1v) is 6.32. The highest BCUT2D eigenvalue weighted by molar-refractivity contribution is 5.13. The smallest absolute Gasteiger partial charge is 0.110 e. The zero-order valence-corrected chi connectivity index (χ0v) is 10.0. The van der Waals surface area contributed by atoms with Crippen LogP contribution in [0.4, 0.5) is 0 Å². The standard InChI is InChI=1S/C13H23NO/c1-3-14-12(11-7-6-10-15-11)13(2)8-4-5-9-13/h7,12,14H,3-6,8-10H2,1-2H3. The molecule has 0 radical (unpaired) electrons. The number of ether oxygens (including phenoxy) is 1. The van der Waals surface area contributed by atoms with Gasteiger partial charge in [0.25, 0.3) is 0 Å². The highest BCUT2D eigenvalue weighted by Gasteiger charge is 2.39. The Morgan fingerprint density at radius 3 is 2.73 bits per heavy atom. The second-order valence-electron chi connectivity index (χ2n) is 5.10. The molecule has 1 aliphatic heterocycles. The van der Waals surface area contributed by atoms with Gasteiger partial charge in [0.05, 0.1) is 12.6 Å². The van der Waals surface area contributed by atoms with Gasteiger partial charge in [0.15, 0.2) is 0 Å². The molecule has 0 aromatic rings. The van der Waals surface area contributed by atoms with Gasteiger partial charge in [-0.3, -0.25) is 0 Å². The van der Waals surface area contributed by atoms with Gasteiger partial charge < -0.3 is 10.1 Å². The average molecular weight is 209 g/mol. The molecule has 1 atom stereocenters. The largest absolute Gasteiger partial charge is 0.496 e. The minimum absolute atomic E-state index is 0.423. The third-order valence-electron chi connectivity index (χ3n) is 3.87. The van der Waals surface area contributed by atoms with Crippen LogP contribution < -0.4 is 5.32 Å². The first-order chi connectivity index (χ1) is 7.26. The van der Waals surface area contributed by atoms with E-state index in [1.165, 1.54) is 31.4 Å². The summed E-state index contributed by atoms with van der Waals surface area (Å²) in [5, 5.41) is 3.61. The van der Waals surface area contributed by atoms with Crippen LogP contribution in [0, 0.1) is 5.41 Å². The van der Waals surface area contributed by atoms with Crippen LogP contribution in [-0.2, 0) is 4.74 Å². The van der Waals surface area contributed by atoms with Crippen LogP contribution in [0.1, 0.15) is 46.0 Å². The molecule has 2 heteroatoms. The molecule has 0 saturated heterocycles. The molecule has 1 aliphatic carbocycles. The molecule has 1 fully saturated rings. The van der Waals surface area contributed by atoms with Crippen LogP contribution in [0.15, 0.2) is 11.8 Å². The van der Waals surface area contributed by atoms with Gasteiger partial charge in [-0.05, 0) is 30.9 Å². The number of rotatable bonds is 4. The van der Waals surface area contributed by atoms with Crippen molar-refractivity contribution in [2.45, 2.75) is 52.0 Å². The van der Waals surface area contributed by atoms with Gasteiger partial charge in [-0.2, -0.15) is 0 Å². The Morgan fingerprint density at radius 1 is 1.47 bits per heavy atom. The zero-order chi connectivity index (χ0) is 10.7. The Kier molecular flexibility index (Phi) is 3.35. The summed E-state index contributed by atoms with van der Waals surface area (Å²) in [6.07, 6.45) is 8.80. The van der Waals surface area contributed by atoms with Gasteiger partial charge in [-0.15, -0.1) is 0 Å². The number of likely N-dealkylation sites (N-methyl/N-ethyl adjacent to an activating group) is 1.